The lowest BCUT2D eigenvalue weighted by molar-refractivity contribution is 0.168. The summed E-state index contributed by atoms with van der Waals surface area (Å²) in [7, 11) is 1.50. The summed E-state index contributed by atoms with van der Waals surface area (Å²) in [5, 5.41) is 3.03. The Morgan fingerprint density at radius 1 is 1.56 bits per heavy atom. The van der Waals surface area contributed by atoms with Crippen molar-refractivity contribution in [2.45, 2.75) is 6.92 Å². The molecular formula is C10H11BrClNO3. The zero-order valence-electron chi connectivity index (χ0n) is 8.84. The number of carbonyl (C=O) groups excluding carboxylic acids is 1. The fourth-order valence-electron chi connectivity index (χ4n) is 1.14. The molecule has 0 radical (unpaired) electrons. The van der Waals surface area contributed by atoms with E-state index in [1.54, 1.807) is 19.1 Å². The van der Waals surface area contributed by atoms with Crippen LogP contribution in [-0.4, -0.2) is 19.8 Å². The van der Waals surface area contributed by atoms with Gasteiger partial charge in [0.25, 0.3) is 0 Å². The fourth-order valence-corrected chi connectivity index (χ4v) is 2.11. The first kappa shape index (κ1) is 13.1. The average molecular weight is 309 g/mol. The van der Waals surface area contributed by atoms with Crippen molar-refractivity contribution in [3.63, 3.8) is 0 Å². The maximum atomic E-state index is 11.3. The highest BCUT2D eigenvalue weighted by atomic mass is 79.9. The summed E-state index contributed by atoms with van der Waals surface area (Å²) < 4.78 is 10.6. The van der Waals surface area contributed by atoms with E-state index in [9.17, 15) is 4.79 Å². The topological polar surface area (TPSA) is 47.6 Å². The first-order chi connectivity index (χ1) is 7.58. The molecule has 1 N–H and O–H groups in total. The maximum absolute atomic E-state index is 11.3. The molecule has 0 aromatic heterocycles. The molecule has 0 atom stereocenters. The summed E-state index contributed by atoms with van der Waals surface area (Å²) in [6.45, 7) is 2.03. The van der Waals surface area contributed by atoms with E-state index in [0.29, 0.717) is 27.5 Å². The molecule has 0 aliphatic carbocycles. The van der Waals surface area contributed by atoms with Crippen LogP contribution in [0.4, 0.5) is 10.5 Å². The molecule has 16 heavy (non-hydrogen) atoms. The molecule has 0 heterocycles. The first-order valence-corrected chi connectivity index (χ1v) is 5.72. The monoisotopic (exact) mass is 307 g/mol. The molecule has 1 amide bonds. The molecule has 0 spiro atoms. The van der Waals surface area contributed by atoms with Crippen LogP contribution in [0.3, 0.4) is 0 Å². The van der Waals surface area contributed by atoms with Crippen LogP contribution in [0.2, 0.25) is 5.02 Å². The minimum Gasteiger partial charge on any atom is -0.493 e. The van der Waals surface area contributed by atoms with Crippen molar-refractivity contribution in [1.82, 2.24) is 0 Å². The number of anilines is 1. The molecule has 0 saturated heterocycles. The number of rotatable bonds is 3. The van der Waals surface area contributed by atoms with Gasteiger partial charge in [-0.15, -0.1) is 0 Å². The van der Waals surface area contributed by atoms with E-state index in [4.69, 9.17) is 21.1 Å². The normalized spacial score (nSPS) is 9.75. The van der Waals surface area contributed by atoms with Crippen molar-refractivity contribution in [1.29, 1.82) is 0 Å². The number of halogens is 2. The lowest BCUT2D eigenvalue weighted by Gasteiger charge is -2.12. The van der Waals surface area contributed by atoms with Gasteiger partial charge < -0.3 is 9.47 Å². The molecule has 0 fully saturated rings. The Kier molecular flexibility index (Phi) is 4.89. The van der Waals surface area contributed by atoms with Crippen LogP contribution in [0.15, 0.2) is 16.6 Å². The number of amides is 1. The van der Waals surface area contributed by atoms with Gasteiger partial charge in [0.15, 0.2) is 5.75 Å². The Morgan fingerprint density at radius 3 is 2.81 bits per heavy atom. The number of benzene rings is 1. The minimum atomic E-state index is -0.546. The Labute approximate surface area is 107 Å². The SMILES string of the molecule is CCOC(=O)Nc1cc(Cl)cc(Br)c1OC. The molecule has 0 unspecified atom stereocenters. The summed E-state index contributed by atoms with van der Waals surface area (Å²) >= 11 is 9.15. The molecule has 1 aromatic rings. The standard InChI is InChI=1S/C10H11BrClNO3/c1-3-16-10(14)13-8-5-6(12)4-7(11)9(8)15-2/h4-5H,3H2,1-2H3,(H,13,14). The Morgan fingerprint density at radius 2 is 2.25 bits per heavy atom. The van der Waals surface area contributed by atoms with Crippen LogP contribution in [0.25, 0.3) is 0 Å². The van der Waals surface area contributed by atoms with Crippen LogP contribution in [0.5, 0.6) is 5.75 Å². The average Bonchev–Trinajstić information content (AvgIpc) is 2.17. The second kappa shape index (κ2) is 5.96. The second-order valence-corrected chi connectivity index (χ2v) is 4.10. The van der Waals surface area contributed by atoms with Gasteiger partial charge in [-0.1, -0.05) is 11.6 Å². The Hall–Kier alpha value is -0.940. The van der Waals surface area contributed by atoms with Crippen molar-refractivity contribution < 1.29 is 14.3 Å². The van der Waals surface area contributed by atoms with E-state index in [0.717, 1.165) is 0 Å². The van der Waals surface area contributed by atoms with Crippen LogP contribution in [-0.2, 0) is 4.74 Å². The number of hydrogen-bond donors (Lipinski definition) is 1. The number of nitrogens with one attached hydrogen (secondary N) is 1. The minimum absolute atomic E-state index is 0.301. The third-order valence-corrected chi connectivity index (χ3v) is 2.53. The molecule has 1 rings (SSSR count). The van der Waals surface area contributed by atoms with E-state index in [-0.39, 0.29) is 0 Å². The third kappa shape index (κ3) is 3.28. The van der Waals surface area contributed by atoms with E-state index < -0.39 is 6.09 Å². The largest absolute Gasteiger partial charge is 0.493 e. The zero-order valence-corrected chi connectivity index (χ0v) is 11.2. The van der Waals surface area contributed by atoms with Crippen LogP contribution in [0.1, 0.15) is 6.92 Å². The van der Waals surface area contributed by atoms with Gasteiger partial charge in [-0.2, -0.15) is 0 Å². The van der Waals surface area contributed by atoms with Crippen molar-refractivity contribution in [2.75, 3.05) is 19.0 Å². The van der Waals surface area contributed by atoms with Gasteiger partial charge in [-0.05, 0) is 35.0 Å². The molecule has 4 nitrogen and oxygen atoms in total. The summed E-state index contributed by atoms with van der Waals surface area (Å²) in [5.41, 5.74) is 0.459. The first-order valence-electron chi connectivity index (χ1n) is 4.55. The van der Waals surface area contributed by atoms with Gasteiger partial charge >= 0.3 is 6.09 Å². The molecular weight excluding hydrogens is 297 g/mol. The van der Waals surface area contributed by atoms with E-state index in [1.165, 1.54) is 7.11 Å². The Bertz CT molecular complexity index is 398. The molecule has 6 heteroatoms. The van der Waals surface area contributed by atoms with E-state index in [2.05, 4.69) is 21.2 Å². The number of hydrogen-bond acceptors (Lipinski definition) is 3. The van der Waals surface area contributed by atoms with Gasteiger partial charge in [0.05, 0.1) is 23.9 Å². The van der Waals surface area contributed by atoms with Gasteiger partial charge in [-0.3, -0.25) is 5.32 Å². The summed E-state index contributed by atoms with van der Waals surface area (Å²) in [6.07, 6.45) is -0.546. The van der Waals surface area contributed by atoms with Crippen LogP contribution in [0, 0.1) is 0 Å². The van der Waals surface area contributed by atoms with Gasteiger partial charge in [0.1, 0.15) is 0 Å². The van der Waals surface area contributed by atoms with Gasteiger partial charge in [0.2, 0.25) is 0 Å². The predicted molar refractivity (Wildman–Crippen MR) is 66.3 cm³/mol. The van der Waals surface area contributed by atoms with Gasteiger partial charge in [-0.25, -0.2) is 4.79 Å². The van der Waals surface area contributed by atoms with Crippen LogP contribution >= 0.6 is 27.5 Å². The predicted octanol–water partition coefficient (Wildman–Crippen LogP) is 3.68. The van der Waals surface area contributed by atoms with Gasteiger partial charge in [0, 0.05) is 5.02 Å². The third-order valence-electron chi connectivity index (χ3n) is 1.72. The highest BCUT2D eigenvalue weighted by molar-refractivity contribution is 9.10. The number of methoxy groups -OCH3 is 1. The fraction of sp³-hybridized carbons (Fsp3) is 0.300. The number of carbonyl (C=O) groups is 1. The van der Waals surface area contributed by atoms with E-state index in [1.807, 2.05) is 0 Å². The summed E-state index contributed by atoms with van der Waals surface area (Å²) in [5.74, 6) is 0.498. The highest BCUT2D eigenvalue weighted by Gasteiger charge is 2.12. The van der Waals surface area contributed by atoms with Crippen LogP contribution < -0.4 is 10.1 Å². The van der Waals surface area contributed by atoms with Crippen molar-refractivity contribution in [3.05, 3.63) is 21.6 Å². The molecule has 88 valence electrons. The second-order valence-electron chi connectivity index (χ2n) is 2.81. The van der Waals surface area contributed by atoms with Crippen molar-refractivity contribution in [3.8, 4) is 5.75 Å². The summed E-state index contributed by atoms with van der Waals surface area (Å²) in [4.78, 5) is 11.3. The molecule has 0 bridgehead atoms. The number of ether oxygens (including phenoxy) is 2. The van der Waals surface area contributed by atoms with Crippen molar-refractivity contribution >= 4 is 39.3 Å². The highest BCUT2D eigenvalue weighted by Crippen LogP contribution is 2.36. The lowest BCUT2D eigenvalue weighted by atomic mass is 10.3. The molecule has 0 saturated carbocycles. The zero-order chi connectivity index (χ0) is 12.1. The smallest absolute Gasteiger partial charge is 0.411 e. The van der Waals surface area contributed by atoms with Crippen molar-refractivity contribution in [2.24, 2.45) is 0 Å². The Balaban J connectivity index is 2.97. The van der Waals surface area contributed by atoms with E-state index >= 15 is 0 Å². The lowest BCUT2D eigenvalue weighted by Crippen LogP contribution is -2.14. The molecule has 1 aromatic carbocycles. The summed E-state index contributed by atoms with van der Waals surface area (Å²) in [6, 6.07) is 3.26. The maximum Gasteiger partial charge on any atom is 0.411 e. The molecule has 0 aliphatic heterocycles. The quantitative estimate of drug-likeness (QED) is 0.926. The molecule has 0 aliphatic rings.